The zero-order valence-corrected chi connectivity index (χ0v) is 16.7. The Balaban J connectivity index is 2.12. The lowest BCUT2D eigenvalue weighted by Crippen LogP contribution is -2.41. The van der Waals surface area contributed by atoms with E-state index >= 15 is 0 Å². The second-order valence-corrected chi connectivity index (χ2v) is 7.55. The van der Waals surface area contributed by atoms with Crippen LogP contribution in [0, 0.1) is 0 Å². The molecule has 1 heterocycles. The lowest BCUT2D eigenvalue weighted by atomic mass is 10.2. The number of thioether (sulfide) groups is 1. The maximum atomic E-state index is 13.2. The van der Waals surface area contributed by atoms with Crippen LogP contribution in [0.4, 0.5) is 4.79 Å². The van der Waals surface area contributed by atoms with Crippen LogP contribution in [0.25, 0.3) is 16.6 Å². The molecule has 0 unspecified atom stereocenters. The van der Waals surface area contributed by atoms with Crippen molar-refractivity contribution in [1.29, 1.82) is 0 Å². The third-order valence-corrected chi connectivity index (χ3v) is 5.33. The lowest BCUT2D eigenvalue weighted by molar-refractivity contribution is -0.119. The molecule has 9 heteroatoms. The summed E-state index contributed by atoms with van der Waals surface area (Å²) >= 11 is 7.38. The summed E-state index contributed by atoms with van der Waals surface area (Å²) in [7, 11) is 1.42. The highest BCUT2D eigenvalue weighted by atomic mass is 35.5. The fourth-order valence-electron chi connectivity index (χ4n) is 2.52. The minimum Gasteiger partial charge on any atom is -0.341 e. The van der Waals surface area contributed by atoms with E-state index in [9.17, 15) is 14.4 Å². The minimum atomic E-state index is -0.681. The van der Waals surface area contributed by atoms with Crippen molar-refractivity contribution in [3.63, 3.8) is 0 Å². The number of carbonyl (C=O) groups is 2. The predicted octanol–water partition coefficient (Wildman–Crippen LogP) is 2.98. The van der Waals surface area contributed by atoms with Crippen molar-refractivity contribution in [2.24, 2.45) is 0 Å². The largest absolute Gasteiger partial charge is 0.341 e. The van der Waals surface area contributed by atoms with Gasteiger partial charge in [-0.15, -0.1) is 0 Å². The highest BCUT2D eigenvalue weighted by Crippen LogP contribution is 2.28. The Bertz CT molecular complexity index is 1120. The number of nitrogens with one attached hydrogen (secondary N) is 2. The molecule has 0 fully saturated rings. The quantitative estimate of drug-likeness (QED) is 0.503. The van der Waals surface area contributed by atoms with E-state index in [1.807, 2.05) is 0 Å². The van der Waals surface area contributed by atoms with Gasteiger partial charge in [-0.2, -0.15) is 0 Å². The lowest BCUT2D eigenvalue weighted by Gasteiger charge is -2.16. The summed E-state index contributed by atoms with van der Waals surface area (Å²) in [5.41, 5.74) is 0.686. The Labute approximate surface area is 170 Å². The standard InChI is InChI=1S/C19H17ClN4O3S/c1-11(16(25)23-18(27)21-2)28-19-22-14-9-5-3-7-12(14)17(26)24(19)15-10-6-4-8-13(15)20/h3-11H,1-2H3,(H2,21,23,25,27)/t11-/m1/s1. The van der Waals surface area contributed by atoms with Gasteiger partial charge in [0.15, 0.2) is 5.16 Å². The first-order valence-corrected chi connectivity index (χ1v) is 9.64. The molecule has 7 nitrogen and oxygen atoms in total. The number of fused-ring (bicyclic) bond motifs is 1. The Morgan fingerprint density at radius 3 is 2.54 bits per heavy atom. The van der Waals surface area contributed by atoms with Gasteiger partial charge in [-0.3, -0.25) is 19.5 Å². The van der Waals surface area contributed by atoms with E-state index in [0.29, 0.717) is 26.8 Å². The van der Waals surface area contributed by atoms with Crippen LogP contribution >= 0.6 is 23.4 Å². The molecule has 0 saturated carbocycles. The summed E-state index contributed by atoms with van der Waals surface area (Å²) in [5.74, 6) is -0.502. The van der Waals surface area contributed by atoms with E-state index in [1.54, 1.807) is 55.5 Å². The van der Waals surface area contributed by atoms with Crippen LogP contribution in [0.1, 0.15) is 6.92 Å². The third kappa shape index (κ3) is 4.02. The molecule has 0 spiro atoms. The van der Waals surface area contributed by atoms with Crippen LogP contribution in [0.15, 0.2) is 58.5 Å². The van der Waals surface area contributed by atoms with Crippen molar-refractivity contribution in [2.45, 2.75) is 17.3 Å². The van der Waals surface area contributed by atoms with Crippen LogP contribution in [-0.4, -0.2) is 33.8 Å². The van der Waals surface area contributed by atoms with Gasteiger partial charge in [0.25, 0.3) is 5.56 Å². The second kappa shape index (κ2) is 8.45. The van der Waals surface area contributed by atoms with Crippen molar-refractivity contribution >= 4 is 46.2 Å². The van der Waals surface area contributed by atoms with Crippen molar-refractivity contribution < 1.29 is 9.59 Å². The molecule has 0 aliphatic carbocycles. The Kier molecular flexibility index (Phi) is 6.01. The first-order valence-electron chi connectivity index (χ1n) is 8.38. The number of urea groups is 1. The van der Waals surface area contributed by atoms with Gasteiger partial charge in [-0.05, 0) is 31.2 Å². The molecule has 28 heavy (non-hydrogen) atoms. The van der Waals surface area contributed by atoms with Gasteiger partial charge in [0.2, 0.25) is 5.91 Å². The minimum absolute atomic E-state index is 0.292. The first kappa shape index (κ1) is 19.9. The number of hydrogen-bond acceptors (Lipinski definition) is 5. The van der Waals surface area contributed by atoms with Crippen LogP contribution in [0.2, 0.25) is 5.02 Å². The van der Waals surface area contributed by atoms with E-state index < -0.39 is 17.2 Å². The van der Waals surface area contributed by atoms with Gasteiger partial charge >= 0.3 is 6.03 Å². The highest BCUT2D eigenvalue weighted by Gasteiger charge is 2.22. The number of para-hydroxylation sites is 2. The number of amides is 3. The zero-order valence-electron chi connectivity index (χ0n) is 15.1. The van der Waals surface area contributed by atoms with Crippen molar-refractivity contribution in [2.75, 3.05) is 7.05 Å². The molecule has 0 aliphatic rings. The normalized spacial score (nSPS) is 11.8. The summed E-state index contributed by atoms with van der Waals surface area (Å²) in [6, 6.07) is 13.3. The molecule has 1 aromatic heterocycles. The molecule has 0 aliphatic heterocycles. The molecule has 0 radical (unpaired) electrons. The number of aromatic nitrogens is 2. The van der Waals surface area contributed by atoms with Crippen molar-refractivity contribution in [1.82, 2.24) is 20.2 Å². The average Bonchev–Trinajstić information content (AvgIpc) is 2.69. The number of hydrogen-bond donors (Lipinski definition) is 2. The van der Waals surface area contributed by atoms with E-state index in [1.165, 1.54) is 11.6 Å². The number of carbonyl (C=O) groups excluding carboxylic acids is 2. The number of rotatable bonds is 4. The molecule has 144 valence electrons. The summed E-state index contributed by atoms with van der Waals surface area (Å²) in [5, 5.41) is 4.99. The SMILES string of the molecule is CNC(=O)NC(=O)[C@@H](C)Sc1nc2ccccc2c(=O)n1-c1ccccc1Cl. The fraction of sp³-hybridized carbons (Fsp3) is 0.158. The summed E-state index contributed by atoms with van der Waals surface area (Å²) in [4.78, 5) is 41.4. The maximum Gasteiger partial charge on any atom is 0.321 e. The van der Waals surface area contributed by atoms with Crippen molar-refractivity contribution in [3.8, 4) is 5.69 Å². The average molecular weight is 417 g/mol. The van der Waals surface area contributed by atoms with Gasteiger partial charge in [0.05, 0.1) is 26.9 Å². The van der Waals surface area contributed by atoms with E-state index in [4.69, 9.17) is 11.6 Å². The molecule has 3 rings (SSSR count). The van der Waals surface area contributed by atoms with Gasteiger partial charge < -0.3 is 5.32 Å². The van der Waals surface area contributed by atoms with Gasteiger partial charge in [-0.25, -0.2) is 9.78 Å². The number of benzene rings is 2. The molecule has 2 aromatic carbocycles. The zero-order chi connectivity index (χ0) is 20.3. The maximum absolute atomic E-state index is 13.2. The van der Waals surface area contributed by atoms with Crippen LogP contribution in [0.5, 0.6) is 0 Å². The molecule has 1 atom stereocenters. The Morgan fingerprint density at radius 2 is 1.82 bits per heavy atom. The van der Waals surface area contributed by atoms with Gasteiger partial charge in [-0.1, -0.05) is 47.6 Å². The summed E-state index contributed by atoms with van der Waals surface area (Å²) < 4.78 is 1.39. The molecule has 0 saturated heterocycles. The predicted molar refractivity (Wildman–Crippen MR) is 110 cm³/mol. The third-order valence-electron chi connectivity index (χ3n) is 3.95. The van der Waals surface area contributed by atoms with E-state index in [-0.39, 0.29) is 5.56 Å². The monoisotopic (exact) mass is 416 g/mol. The molecule has 0 bridgehead atoms. The number of halogens is 1. The molecular weight excluding hydrogens is 400 g/mol. The summed E-state index contributed by atoms with van der Waals surface area (Å²) in [6.07, 6.45) is 0. The number of nitrogens with zero attached hydrogens (tertiary/aromatic N) is 2. The van der Waals surface area contributed by atoms with Gasteiger partial charge in [0.1, 0.15) is 0 Å². The molecule has 3 amide bonds. The van der Waals surface area contributed by atoms with E-state index in [2.05, 4.69) is 15.6 Å². The molecular formula is C19H17ClN4O3S. The molecule has 2 N–H and O–H groups in total. The van der Waals surface area contributed by atoms with Crippen LogP contribution in [-0.2, 0) is 4.79 Å². The topological polar surface area (TPSA) is 93.1 Å². The Hall–Kier alpha value is -2.84. The van der Waals surface area contributed by atoms with Gasteiger partial charge in [0, 0.05) is 7.05 Å². The molecule has 3 aromatic rings. The Morgan fingerprint density at radius 1 is 1.14 bits per heavy atom. The smallest absolute Gasteiger partial charge is 0.321 e. The summed E-state index contributed by atoms with van der Waals surface area (Å²) in [6.45, 7) is 1.63. The number of imide groups is 1. The van der Waals surface area contributed by atoms with Crippen LogP contribution in [0.3, 0.4) is 0 Å². The van der Waals surface area contributed by atoms with E-state index in [0.717, 1.165) is 11.8 Å². The second-order valence-electron chi connectivity index (χ2n) is 5.83. The highest BCUT2D eigenvalue weighted by molar-refractivity contribution is 8.00. The fourth-order valence-corrected chi connectivity index (χ4v) is 3.66. The first-order chi connectivity index (χ1) is 13.4. The van der Waals surface area contributed by atoms with Crippen LogP contribution < -0.4 is 16.2 Å². The van der Waals surface area contributed by atoms with Crippen molar-refractivity contribution in [3.05, 3.63) is 63.9 Å².